The molecule has 2 saturated heterocycles. The molecule has 3 atom stereocenters. The van der Waals surface area contributed by atoms with Crippen molar-refractivity contribution in [1.82, 2.24) is 25.3 Å². The number of anilines is 1. The molecule has 1 aromatic carbocycles. The number of carbonyl (C=O) groups is 3. The molecule has 3 amide bonds. The van der Waals surface area contributed by atoms with E-state index in [0.29, 0.717) is 31.0 Å². The van der Waals surface area contributed by atoms with E-state index in [0.717, 1.165) is 55.3 Å². The number of rotatable bonds is 8. The molecule has 0 radical (unpaired) electrons. The largest absolute Gasteiger partial charge is 0.444 e. The number of benzene rings is 1. The third-order valence-electron chi connectivity index (χ3n) is 8.70. The second kappa shape index (κ2) is 18.0. The van der Waals surface area contributed by atoms with Gasteiger partial charge in [0.1, 0.15) is 11.4 Å². The molecular formula is C36H54N6O5S. The Hall–Kier alpha value is -3.93. The zero-order chi connectivity index (χ0) is 35.4. The monoisotopic (exact) mass is 682 g/mol. The standard InChI is InChI=1S/C17H29N3O3.C13H14N2OS.C6H11NO/c1-12(2)13(3)14-11-15(18-23-14)19-7-9-20(10-8-19)16(21)22-17(4,5)6;1-9(14-7-16)11-3-5-12(6-4-11)13-10(2)15-8-17-13;1-6-3-2-4-7(6)5-8/h11-13H,7-10H2,1-6H3;3-9H,1-2H3,(H,14,16);5-6H,2-4H2,1H3. The highest BCUT2D eigenvalue weighted by molar-refractivity contribution is 7.13. The number of carbonyl (C=O) groups excluding carboxylic acids is 3. The van der Waals surface area contributed by atoms with Crippen molar-refractivity contribution in [3.05, 3.63) is 52.9 Å². The highest BCUT2D eigenvalue weighted by Crippen LogP contribution is 2.29. The lowest BCUT2D eigenvalue weighted by molar-refractivity contribution is -0.118. The number of hydrogen-bond donors (Lipinski definition) is 1. The van der Waals surface area contributed by atoms with E-state index in [-0.39, 0.29) is 12.1 Å². The van der Waals surface area contributed by atoms with Gasteiger partial charge >= 0.3 is 6.09 Å². The first-order chi connectivity index (χ1) is 22.7. The molecule has 0 bridgehead atoms. The summed E-state index contributed by atoms with van der Waals surface area (Å²) < 4.78 is 10.9. The molecule has 48 heavy (non-hydrogen) atoms. The van der Waals surface area contributed by atoms with Crippen molar-refractivity contribution in [3.63, 3.8) is 0 Å². The van der Waals surface area contributed by atoms with Gasteiger partial charge in [-0.25, -0.2) is 9.78 Å². The number of ether oxygens (including phenoxy) is 1. The summed E-state index contributed by atoms with van der Waals surface area (Å²) in [7, 11) is 0. The predicted molar refractivity (Wildman–Crippen MR) is 191 cm³/mol. The second-order valence-electron chi connectivity index (χ2n) is 13.8. The molecule has 0 spiro atoms. The van der Waals surface area contributed by atoms with Gasteiger partial charge in [0.2, 0.25) is 12.8 Å². The van der Waals surface area contributed by atoms with Gasteiger partial charge < -0.3 is 29.3 Å². The van der Waals surface area contributed by atoms with Gasteiger partial charge in [0, 0.05) is 50.7 Å². The van der Waals surface area contributed by atoms with Gasteiger partial charge in [-0.05, 0) is 71.4 Å². The van der Waals surface area contributed by atoms with Crippen molar-refractivity contribution < 1.29 is 23.6 Å². The van der Waals surface area contributed by atoms with E-state index >= 15 is 0 Å². The maximum Gasteiger partial charge on any atom is 0.410 e. The molecule has 2 aromatic heterocycles. The second-order valence-corrected chi connectivity index (χ2v) is 14.7. The number of likely N-dealkylation sites (tertiary alicyclic amines) is 1. The molecule has 2 aliphatic heterocycles. The Bertz CT molecular complexity index is 1420. The third kappa shape index (κ3) is 11.4. The van der Waals surface area contributed by atoms with Crippen LogP contribution in [0.1, 0.15) is 97.2 Å². The highest BCUT2D eigenvalue weighted by Gasteiger charge is 2.27. The molecule has 0 saturated carbocycles. The van der Waals surface area contributed by atoms with E-state index < -0.39 is 5.60 Å². The van der Waals surface area contributed by atoms with Gasteiger partial charge in [-0.1, -0.05) is 50.2 Å². The van der Waals surface area contributed by atoms with E-state index in [2.05, 4.69) is 60.2 Å². The van der Waals surface area contributed by atoms with Crippen LogP contribution in [0.5, 0.6) is 0 Å². The minimum atomic E-state index is -0.456. The summed E-state index contributed by atoms with van der Waals surface area (Å²) >= 11 is 1.64. The van der Waals surface area contributed by atoms with Crippen LogP contribution >= 0.6 is 11.3 Å². The van der Waals surface area contributed by atoms with Crippen molar-refractivity contribution in [2.75, 3.05) is 37.6 Å². The molecule has 4 heterocycles. The summed E-state index contributed by atoms with van der Waals surface area (Å²) in [6.07, 6.45) is 3.79. The van der Waals surface area contributed by atoms with Crippen molar-refractivity contribution >= 4 is 36.1 Å². The lowest BCUT2D eigenvalue weighted by Crippen LogP contribution is -2.50. The summed E-state index contributed by atoms with van der Waals surface area (Å²) in [5, 5.41) is 6.93. The van der Waals surface area contributed by atoms with Crippen LogP contribution in [-0.4, -0.2) is 83.2 Å². The van der Waals surface area contributed by atoms with E-state index in [1.807, 2.05) is 63.2 Å². The lowest BCUT2D eigenvalue weighted by atomic mass is 9.96. The van der Waals surface area contributed by atoms with Crippen LogP contribution in [0.2, 0.25) is 0 Å². The predicted octanol–water partition coefficient (Wildman–Crippen LogP) is 7.04. The number of amides is 3. The molecule has 2 fully saturated rings. The lowest BCUT2D eigenvalue weighted by Gasteiger charge is -2.35. The number of thiazole rings is 1. The van der Waals surface area contributed by atoms with Crippen LogP contribution in [0.4, 0.5) is 10.6 Å². The summed E-state index contributed by atoms with van der Waals surface area (Å²) in [5.74, 6) is 2.64. The molecule has 3 aromatic rings. The van der Waals surface area contributed by atoms with Gasteiger partial charge in [0.05, 0.1) is 22.1 Å². The average Bonchev–Trinajstić information content (AvgIpc) is 3.82. The topological polar surface area (TPSA) is 121 Å². The van der Waals surface area contributed by atoms with Crippen molar-refractivity contribution in [3.8, 4) is 10.4 Å². The molecule has 12 heteroatoms. The fraction of sp³-hybridized carbons (Fsp3) is 0.583. The molecule has 3 unspecified atom stereocenters. The van der Waals surface area contributed by atoms with Crippen molar-refractivity contribution in [2.45, 2.75) is 98.8 Å². The Morgan fingerprint density at radius 3 is 2.21 bits per heavy atom. The average molecular weight is 683 g/mol. The summed E-state index contributed by atoms with van der Waals surface area (Å²) in [6.45, 7) is 21.9. The molecule has 0 aliphatic carbocycles. The van der Waals surface area contributed by atoms with E-state index in [1.165, 1.54) is 23.3 Å². The van der Waals surface area contributed by atoms with Crippen LogP contribution in [-0.2, 0) is 14.3 Å². The van der Waals surface area contributed by atoms with Gasteiger partial charge in [0.15, 0.2) is 5.82 Å². The number of nitrogens with one attached hydrogen (secondary N) is 1. The Kier molecular flexibility index (Phi) is 14.4. The van der Waals surface area contributed by atoms with Crippen LogP contribution in [0.25, 0.3) is 10.4 Å². The zero-order valence-electron chi connectivity index (χ0n) is 30.1. The maximum absolute atomic E-state index is 12.1. The first kappa shape index (κ1) is 38.5. The SMILES string of the molecule is CC(C)C(C)c1cc(N2CCN(C(=O)OC(C)(C)C)CC2)no1.CC1CCCN1C=O.Cc1ncsc1-c1ccc(C(C)NC=O)cc1. The Morgan fingerprint density at radius 2 is 1.73 bits per heavy atom. The first-order valence-corrected chi connectivity index (χ1v) is 17.7. The zero-order valence-corrected chi connectivity index (χ0v) is 30.9. The fourth-order valence-corrected chi connectivity index (χ4v) is 6.04. The van der Waals surface area contributed by atoms with Gasteiger partial charge in [-0.2, -0.15) is 0 Å². The normalized spacial score (nSPS) is 17.5. The molecule has 11 nitrogen and oxygen atoms in total. The molecule has 1 N–H and O–H groups in total. The molecule has 5 rings (SSSR count). The molecular weight excluding hydrogens is 628 g/mol. The summed E-state index contributed by atoms with van der Waals surface area (Å²) in [4.78, 5) is 43.8. The van der Waals surface area contributed by atoms with Crippen LogP contribution in [0.3, 0.4) is 0 Å². The van der Waals surface area contributed by atoms with Gasteiger partial charge in [-0.3, -0.25) is 9.59 Å². The third-order valence-corrected chi connectivity index (χ3v) is 9.67. The number of aromatic nitrogens is 2. The number of piperazine rings is 1. The van der Waals surface area contributed by atoms with E-state index in [1.54, 1.807) is 16.2 Å². The van der Waals surface area contributed by atoms with Gasteiger partial charge in [-0.15, -0.1) is 11.3 Å². The quantitative estimate of drug-likeness (QED) is 0.251. The smallest absolute Gasteiger partial charge is 0.410 e. The van der Waals surface area contributed by atoms with E-state index in [4.69, 9.17) is 9.26 Å². The molecule has 2 aliphatic rings. The van der Waals surface area contributed by atoms with E-state index in [9.17, 15) is 14.4 Å². The molecule has 264 valence electrons. The van der Waals surface area contributed by atoms with Crippen molar-refractivity contribution in [2.24, 2.45) is 5.92 Å². The highest BCUT2D eigenvalue weighted by atomic mass is 32.1. The van der Waals surface area contributed by atoms with Crippen molar-refractivity contribution in [1.29, 1.82) is 0 Å². The van der Waals surface area contributed by atoms with Crippen LogP contribution < -0.4 is 10.2 Å². The first-order valence-electron chi connectivity index (χ1n) is 16.8. The maximum atomic E-state index is 12.1. The summed E-state index contributed by atoms with van der Waals surface area (Å²) in [5.41, 5.74) is 4.73. The Labute approximate surface area is 290 Å². The number of aryl methyl sites for hydroxylation is 1. The van der Waals surface area contributed by atoms with Crippen LogP contribution in [0.15, 0.2) is 40.4 Å². The van der Waals surface area contributed by atoms with Crippen LogP contribution in [0, 0.1) is 12.8 Å². The fourth-order valence-electron chi connectivity index (χ4n) is 5.23. The minimum absolute atomic E-state index is 0.0455. The summed E-state index contributed by atoms with van der Waals surface area (Å²) in [6, 6.07) is 10.8. The Balaban J connectivity index is 0.000000218. The number of hydrogen-bond acceptors (Lipinski definition) is 9. The Morgan fingerprint density at radius 1 is 1.06 bits per heavy atom. The number of nitrogens with zero attached hydrogens (tertiary/aromatic N) is 5. The minimum Gasteiger partial charge on any atom is -0.444 e. The van der Waals surface area contributed by atoms with Gasteiger partial charge in [0.25, 0.3) is 0 Å².